The van der Waals surface area contributed by atoms with Gasteiger partial charge in [0.2, 0.25) is 5.91 Å². The van der Waals surface area contributed by atoms with E-state index in [0.717, 1.165) is 29.2 Å². The maximum absolute atomic E-state index is 12.6. The summed E-state index contributed by atoms with van der Waals surface area (Å²) in [5, 5.41) is 16.6. The Morgan fingerprint density at radius 2 is 2.13 bits per heavy atom. The molecule has 1 aromatic carbocycles. The topological polar surface area (TPSA) is 90.1 Å². The van der Waals surface area contributed by atoms with Crippen molar-refractivity contribution in [2.24, 2.45) is 0 Å². The van der Waals surface area contributed by atoms with Crippen LogP contribution in [0.15, 0.2) is 36.7 Å². The molecule has 0 aliphatic heterocycles. The SMILES string of the molecule is O=C(Cn1cc([N+](=O)[O-])cn1)NCc1cccc(C(F)(F)F)c1. The first-order valence-electron chi connectivity index (χ1n) is 6.35. The number of alkyl halides is 3. The number of amides is 1. The van der Waals surface area contributed by atoms with Gasteiger partial charge in [-0.1, -0.05) is 12.1 Å². The van der Waals surface area contributed by atoms with E-state index >= 15 is 0 Å². The van der Waals surface area contributed by atoms with E-state index in [0.29, 0.717) is 5.56 Å². The van der Waals surface area contributed by atoms with Gasteiger partial charge in [-0.2, -0.15) is 18.3 Å². The van der Waals surface area contributed by atoms with Crippen LogP contribution < -0.4 is 5.32 Å². The lowest BCUT2D eigenvalue weighted by Gasteiger charge is -2.09. The zero-order valence-corrected chi connectivity index (χ0v) is 11.6. The van der Waals surface area contributed by atoms with Crippen molar-refractivity contribution in [2.45, 2.75) is 19.3 Å². The molecule has 0 radical (unpaired) electrons. The molecule has 1 aromatic heterocycles. The smallest absolute Gasteiger partial charge is 0.350 e. The lowest BCUT2D eigenvalue weighted by Crippen LogP contribution is -2.27. The summed E-state index contributed by atoms with van der Waals surface area (Å²) in [5.74, 6) is -0.527. The van der Waals surface area contributed by atoms with Gasteiger partial charge < -0.3 is 5.32 Å². The highest BCUT2D eigenvalue weighted by molar-refractivity contribution is 5.75. The molecule has 0 aliphatic carbocycles. The third kappa shape index (κ3) is 4.53. The first kappa shape index (κ1) is 16.5. The Hall–Kier alpha value is -2.91. The van der Waals surface area contributed by atoms with Crippen LogP contribution in [0.2, 0.25) is 0 Å². The minimum Gasteiger partial charge on any atom is -0.350 e. The van der Waals surface area contributed by atoms with E-state index in [1.54, 1.807) is 0 Å². The Balaban J connectivity index is 1.92. The van der Waals surface area contributed by atoms with Gasteiger partial charge in [0.25, 0.3) is 0 Å². The third-order valence-electron chi connectivity index (χ3n) is 2.88. The van der Waals surface area contributed by atoms with E-state index in [1.807, 2.05) is 0 Å². The van der Waals surface area contributed by atoms with Crippen LogP contribution in [-0.4, -0.2) is 20.6 Å². The minimum atomic E-state index is -4.45. The van der Waals surface area contributed by atoms with Crippen LogP contribution in [0.25, 0.3) is 0 Å². The number of hydrogen-bond acceptors (Lipinski definition) is 4. The molecule has 7 nitrogen and oxygen atoms in total. The number of hydrogen-bond donors (Lipinski definition) is 1. The second kappa shape index (κ2) is 6.46. The maximum atomic E-state index is 12.6. The van der Waals surface area contributed by atoms with Gasteiger partial charge >= 0.3 is 11.9 Å². The molecule has 122 valence electrons. The van der Waals surface area contributed by atoms with Crippen LogP contribution in [0.5, 0.6) is 0 Å². The minimum absolute atomic E-state index is 0.0912. The number of nitro groups is 1. The lowest BCUT2D eigenvalue weighted by molar-refractivity contribution is -0.385. The molecule has 0 atom stereocenters. The van der Waals surface area contributed by atoms with Crippen molar-refractivity contribution in [1.29, 1.82) is 0 Å². The fraction of sp³-hybridized carbons (Fsp3) is 0.231. The number of rotatable bonds is 5. The Bertz CT molecular complexity index is 727. The average molecular weight is 328 g/mol. The zero-order chi connectivity index (χ0) is 17.0. The number of carbonyl (C=O) groups is 1. The van der Waals surface area contributed by atoms with Gasteiger partial charge in [-0.05, 0) is 17.7 Å². The van der Waals surface area contributed by atoms with E-state index < -0.39 is 22.6 Å². The predicted octanol–water partition coefficient (Wildman–Crippen LogP) is 2.13. The van der Waals surface area contributed by atoms with E-state index in [9.17, 15) is 28.1 Å². The summed E-state index contributed by atoms with van der Waals surface area (Å²) in [7, 11) is 0. The summed E-state index contributed by atoms with van der Waals surface area (Å²) in [6, 6.07) is 4.59. The molecule has 0 unspecified atom stereocenters. The molecule has 1 amide bonds. The van der Waals surface area contributed by atoms with Crippen molar-refractivity contribution in [3.8, 4) is 0 Å². The van der Waals surface area contributed by atoms with Crippen molar-refractivity contribution in [1.82, 2.24) is 15.1 Å². The summed E-state index contributed by atoms with van der Waals surface area (Å²) in [5.41, 5.74) is -0.762. The van der Waals surface area contributed by atoms with E-state index in [4.69, 9.17) is 0 Å². The Kier molecular flexibility index (Phi) is 4.63. The number of aromatic nitrogens is 2. The standard InChI is InChI=1S/C13H11F3N4O3/c14-13(15,16)10-3-1-2-9(4-10)5-17-12(21)8-19-7-11(6-18-19)20(22)23/h1-4,6-7H,5,8H2,(H,17,21). The number of carbonyl (C=O) groups excluding carboxylic acids is 1. The summed E-state index contributed by atoms with van der Waals surface area (Å²) in [6.07, 6.45) is -2.36. The molecular formula is C13H11F3N4O3. The molecule has 0 saturated carbocycles. The summed E-state index contributed by atoms with van der Waals surface area (Å²) < 4.78 is 38.8. The number of halogens is 3. The zero-order valence-electron chi connectivity index (χ0n) is 11.6. The molecule has 23 heavy (non-hydrogen) atoms. The predicted molar refractivity (Wildman–Crippen MR) is 72.2 cm³/mol. The van der Waals surface area contributed by atoms with Crippen LogP contribution in [0.3, 0.4) is 0 Å². The summed E-state index contributed by atoms with van der Waals surface area (Å²) in [6.45, 7) is -0.362. The van der Waals surface area contributed by atoms with E-state index in [1.165, 1.54) is 12.1 Å². The molecule has 2 aromatic rings. The first-order valence-corrected chi connectivity index (χ1v) is 6.35. The highest BCUT2D eigenvalue weighted by Gasteiger charge is 2.30. The highest BCUT2D eigenvalue weighted by atomic mass is 19.4. The normalized spacial score (nSPS) is 11.3. The molecule has 0 spiro atoms. The van der Waals surface area contributed by atoms with Gasteiger partial charge in [0, 0.05) is 6.54 Å². The van der Waals surface area contributed by atoms with Crippen LogP contribution in [0.4, 0.5) is 18.9 Å². The molecule has 0 aliphatic rings. The van der Waals surface area contributed by atoms with Gasteiger partial charge in [-0.3, -0.25) is 19.6 Å². The Labute approximate surface area is 127 Å². The van der Waals surface area contributed by atoms with Gasteiger partial charge in [-0.15, -0.1) is 0 Å². The van der Waals surface area contributed by atoms with E-state index in [2.05, 4.69) is 10.4 Å². The molecule has 0 bridgehead atoms. The van der Waals surface area contributed by atoms with Gasteiger partial charge in [-0.25, -0.2) is 0 Å². The number of nitrogens with zero attached hydrogens (tertiary/aromatic N) is 3. The largest absolute Gasteiger partial charge is 0.416 e. The van der Waals surface area contributed by atoms with Gasteiger partial charge in [0.05, 0.1) is 10.5 Å². The fourth-order valence-corrected chi connectivity index (χ4v) is 1.79. The van der Waals surface area contributed by atoms with Gasteiger partial charge in [0.1, 0.15) is 18.9 Å². The first-order chi connectivity index (χ1) is 10.8. The average Bonchev–Trinajstić information content (AvgIpc) is 2.93. The van der Waals surface area contributed by atoms with Crippen molar-refractivity contribution in [3.05, 3.63) is 57.9 Å². The number of benzene rings is 1. The van der Waals surface area contributed by atoms with Crippen LogP contribution in [0, 0.1) is 10.1 Å². The molecule has 0 saturated heterocycles. The van der Waals surface area contributed by atoms with Crippen molar-refractivity contribution >= 4 is 11.6 Å². The molecule has 0 fully saturated rings. The van der Waals surface area contributed by atoms with Crippen molar-refractivity contribution < 1.29 is 22.9 Å². The monoisotopic (exact) mass is 328 g/mol. The fourth-order valence-electron chi connectivity index (χ4n) is 1.79. The molecule has 2 rings (SSSR count). The third-order valence-corrected chi connectivity index (χ3v) is 2.88. The van der Waals surface area contributed by atoms with Gasteiger partial charge in [0.15, 0.2) is 0 Å². The second-order valence-corrected chi connectivity index (χ2v) is 4.63. The quantitative estimate of drug-likeness (QED) is 0.672. The molecule has 1 heterocycles. The molecular weight excluding hydrogens is 317 g/mol. The second-order valence-electron chi connectivity index (χ2n) is 4.63. The molecule has 1 N–H and O–H groups in total. The number of nitrogens with one attached hydrogen (secondary N) is 1. The molecule has 10 heteroatoms. The maximum Gasteiger partial charge on any atom is 0.416 e. The lowest BCUT2D eigenvalue weighted by atomic mass is 10.1. The summed E-state index contributed by atoms with van der Waals surface area (Å²) >= 11 is 0. The van der Waals surface area contributed by atoms with E-state index in [-0.39, 0.29) is 18.8 Å². The van der Waals surface area contributed by atoms with Crippen LogP contribution in [0.1, 0.15) is 11.1 Å². The highest BCUT2D eigenvalue weighted by Crippen LogP contribution is 2.29. The van der Waals surface area contributed by atoms with Crippen molar-refractivity contribution in [2.75, 3.05) is 0 Å². The van der Waals surface area contributed by atoms with Crippen molar-refractivity contribution in [3.63, 3.8) is 0 Å². The van der Waals surface area contributed by atoms with Crippen LogP contribution in [-0.2, 0) is 24.1 Å². The Morgan fingerprint density at radius 1 is 1.39 bits per heavy atom. The summed E-state index contributed by atoms with van der Waals surface area (Å²) in [4.78, 5) is 21.5. The Morgan fingerprint density at radius 3 is 2.74 bits per heavy atom. The van der Waals surface area contributed by atoms with Crippen LogP contribution >= 0.6 is 0 Å².